The first-order valence-electron chi connectivity index (χ1n) is 4.91. The minimum atomic E-state index is -1.47. The van der Waals surface area contributed by atoms with Gasteiger partial charge in [0, 0.05) is 6.07 Å². The van der Waals surface area contributed by atoms with Crippen molar-refractivity contribution in [1.82, 2.24) is 4.98 Å². The highest BCUT2D eigenvalue weighted by Gasteiger charge is 2.18. The maximum Gasteiger partial charge on any atom is 0.337 e. The Morgan fingerprint density at radius 3 is 2.53 bits per heavy atom. The molecule has 0 atom stereocenters. The van der Waals surface area contributed by atoms with Gasteiger partial charge in [0.25, 0.3) is 5.91 Å². The van der Waals surface area contributed by atoms with Crippen LogP contribution < -0.4 is 5.32 Å². The minimum Gasteiger partial charge on any atom is -0.478 e. The fourth-order valence-corrected chi connectivity index (χ4v) is 1.85. The van der Waals surface area contributed by atoms with Crippen LogP contribution in [0.15, 0.2) is 23.8 Å². The van der Waals surface area contributed by atoms with E-state index in [4.69, 9.17) is 5.11 Å². The number of carbonyl (C=O) groups is 2. The van der Waals surface area contributed by atoms with Gasteiger partial charge >= 0.3 is 5.97 Å². The van der Waals surface area contributed by atoms with E-state index >= 15 is 0 Å². The molecule has 0 aliphatic carbocycles. The number of carboxylic acids is 1. The summed E-state index contributed by atoms with van der Waals surface area (Å²) in [5.41, 5.74) is 0.569. The standard InChI is InChI=1S/C11H6F2N2O3S/c12-6-1-5(11(17)18)8(2-7(6)13)15-10(16)9-3-14-4-19-9/h1-4H,(H,15,16)(H,17,18). The summed E-state index contributed by atoms with van der Waals surface area (Å²) in [6.07, 6.45) is 1.28. The number of carboxylic acid groups (broad SMARTS) is 1. The summed E-state index contributed by atoms with van der Waals surface area (Å²) in [5, 5.41) is 11.1. The fraction of sp³-hybridized carbons (Fsp3) is 0. The molecule has 1 aromatic carbocycles. The van der Waals surface area contributed by atoms with Crippen molar-refractivity contribution in [2.24, 2.45) is 0 Å². The van der Waals surface area contributed by atoms with E-state index in [0.29, 0.717) is 12.1 Å². The molecule has 0 fully saturated rings. The Labute approximate surface area is 109 Å². The molecular formula is C11H6F2N2O3S. The molecule has 1 amide bonds. The highest BCUT2D eigenvalue weighted by atomic mass is 32.1. The van der Waals surface area contributed by atoms with Crippen molar-refractivity contribution < 1.29 is 23.5 Å². The van der Waals surface area contributed by atoms with Crippen LogP contribution in [0.5, 0.6) is 0 Å². The molecule has 0 saturated heterocycles. The number of nitrogens with one attached hydrogen (secondary N) is 1. The molecule has 2 aromatic rings. The molecule has 1 aromatic heterocycles. The van der Waals surface area contributed by atoms with Gasteiger partial charge in [-0.25, -0.2) is 13.6 Å². The minimum absolute atomic E-state index is 0.223. The second-order valence-corrected chi connectivity index (χ2v) is 4.32. The number of benzene rings is 1. The molecule has 0 aliphatic heterocycles. The molecule has 1 heterocycles. The van der Waals surface area contributed by atoms with Crippen molar-refractivity contribution in [3.8, 4) is 0 Å². The Bertz CT molecular complexity index is 644. The molecule has 0 radical (unpaired) electrons. The lowest BCUT2D eigenvalue weighted by molar-refractivity contribution is 0.0697. The molecule has 8 heteroatoms. The van der Waals surface area contributed by atoms with Gasteiger partial charge in [-0.05, 0) is 6.07 Å². The summed E-state index contributed by atoms with van der Waals surface area (Å²) in [4.78, 5) is 26.5. The van der Waals surface area contributed by atoms with E-state index in [1.54, 1.807) is 0 Å². The highest BCUT2D eigenvalue weighted by molar-refractivity contribution is 7.11. The largest absolute Gasteiger partial charge is 0.478 e. The van der Waals surface area contributed by atoms with E-state index in [2.05, 4.69) is 10.3 Å². The van der Waals surface area contributed by atoms with Crippen LogP contribution in [0.3, 0.4) is 0 Å². The zero-order valence-electron chi connectivity index (χ0n) is 9.18. The second-order valence-electron chi connectivity index (χ2n) is 3.44. The number of hydrogen-bond donors (Lipinski definition) is 2. The van der Waals surface area contributed by atoms with Gasteiger partial charge < -0.3 is 10.4 Å². The normalized spacial score (nSPS) is 10.2. The monoisotopic (exact) mass is 284 g/mol. The number of aromatic nitrogens is 1. The molecule has 0 bridgehead atoms. The van der Waals surface area contributed by atoms with Crippen molar-refractivity contribution in [3.05, 3.63) is 45.9 Å². The van der Waals surface area contributed by atoms with Crippen LogP contribution in [0.4, 0.5) is 14.5 Å². The number of carbonyl (C=O) groups excluding carboxylic acids is 1. The van der Waals surface area contributed by atoms with E-state index in [1.165, 1.54) is 11.7 Å². The van der Waals surface area contributed by atoms with Crippen molar-refractivity contribution in [3.63, 3.8) is 0 Å². The van der Waals surface area contributed by atoms with E-state index in [-0.39, 0.29) is 10.6 Å². The van der Waals surface area contributed by atoms with Gasteiger partial charge in [-0.2, -0.15) is 0 Å². The summed E-state index contributed by atoms with van der Waals surface area (Å²) >= 11 is 1.03. The van der Waals surface area contributed by atoms with E-state index in [9.17, 15) is 18.4 Å². The first kappa shape index (κ1) is 13.1. The zero-order valence-corrected chi connectivity index (χ0v) is 10.0. The molecule has 0 aliphatic rings. The van der Waals surface area contributed by atoms with Gasteiger partial charge in [-0.1, -0.05) is 0 Å². The van der Waals surface area contributed by atoms with Crippen molar-refractivity contribution in [1.29, 1.82) is 0 Å². The maximum absolute atomic E-state index is 13.1. The van der Waals surface area contributed by atoms with Crippen molar-refractivity contribution in [2.75, 3.05) is 5.32 Å². The van der Waals surface area contributed by atoms with Gasteiger partial charge in [0.2, 0.25) is 0 Å². The molecule has 0 unspecified atom stereocenters. The number of halogens is 2. The summed E-state index contributed by atoms with van der Waals surface area (Å²) in [6.45, 7) is 0. The average molecular weight is 284 g/mol. The third kappa shape index (κ3) is 2.74. The average Bonchev–Trinajstić information content (AvgIpc) is 2.86. The van der Waals surface area contributed by atoms with Crippen LogP contribution in [-0.2, 0) is 0 Å². The van der Waals surface area contributed by atoms with Crippen LogP contribution >= 0.6 is 11.3 Å². The lowest BCUT2D eigenvalue weighted by atomic mass is 10.1. The molecular weight excluding hydrogens is 278 g/mol. The van der Waals surface area contributed by atoms with Gasteiger partial charge in [-0.3, -0.25) is 9.78 Å². The highest BCUT2D eigenvalue weighted by Crippen LogP contribution is 2.21. The molecule has 0 spiro atoms. The lowest BCUT2D eigenvalue weighted by Gasteiger charge is -2.08. The summed E-state index contributed by atoms with van der Waals surface area (Å²) in [5.74, 6) is -4.66. The third-order valence-corrected chi connectivity index (χ3v) is 2.97. The first-order chi connectivity index (χ1) is 8.99. The van der Waals surface area contributed by atoms with E-state index in [0.717, 1.165) is 11.3 Å². The number of rotatable bonds is 3. The molecule has 5 nitrogen and oxygen atoms in total. The van der Waals surface area contributed by atoms with Crippen molar-refractivity contribution in [2.45, 2.75) is 0 Å². The SMILES string of the molecule is O=C(Nc1cc(F)c(F)cc1C(=O)O)c1cncs1. The topological polar surface area (TPSA) is 79.3 Å². The number of amides is 1. The number of hydrogen-bond acceptors (Lipinski definition) is 4. The Balaban J connectivity index is 2.36. The summed E-state index contributed by atoms with van der Waals surface area (Å²) in [7, 11) is 0. The second kappa shape index (κ2) is 5.11. The maximum atomic E-state index is 13.1. The number of anilines is 1. The van der Waals surface area contributed by atoms with Crippen LogP contribution in [0.2, 0.25) is 0 Å². The Hall–Kier alpha value is -2.35. The fourth-order valence-electron chi connectivity index (χ4n) is 1.34. The third-order valence-electron chi connectivity index (χ3n) is 2.20. The molecule has 19 heavy (non-hydrogen) atoms. The Morgan fingerprint density at radius 1 is 1.26 bits per heavy atom. The van der Waals surface area contributed by atoms with Gasteiger partial charge in [0.1, 0.15) is 4.88 Å². The van der Waals surface area contributed by atoms with Crippen LogP contribution in [0.25, 0.3) is 0 Å². The summed E-state index contributed by atoms with van der Waals surface area (Å²) in [6, 6.07) is 1.14. The molecule has 98 valence electrons. The van der Waals surface area contributed by atoms with Gasteiger partial charge in [0.15, 0.2) is 11.6 Å². The smallest absolute Gasteiger partial charge is 0.337 e. The zero-order chi connectivity index (χ0) is 14.0. The van der Waals surface area contributed by atoms with Gasteiger partial charge in [-0.15, -0.1) is 11.3 Å². The quantitative estimate of drug-likeness (QED) is 0.906. The van der Waals surface area contributed by atoms with Gasteiger partial charge in [0.05, 0.1) is 23.0 Å². The van der Waals surface area contributed by atoms with E-state index in [1.807, 2.05) is 0 Å². The molecule has 0 saturated carbocycles. The van der Waals surface area contributed by atoms with Crippen LogP contribution in [0.1, 0.15) is 20.0 Å². The predicted molar refractivity (Wildman–Crippen MR) is 63.4 cm³/mol. The van der Waals surface area contributed by atoms with Crippen LogP contribution in [-0.4, -0.2) is 22.0 Å². The number of nitrogens with zero attached hydrogens (tertiary/aromatic N) is 1. The lowest BCUT2D eigenvalue weighted by Crippen LogP contribution is -2.14. The molecule has 2 N–H and O–H groups in total. The first-order valence-corrected chi connectivity index (χ1v) is 5.79. The summed E-state index contributed by atoms with van der Waals surface area (Å²) < 4.78 is 26.1. The van der Waals surface area contributed by atoms with Crippen LogP contribution in [0, 0.1) is 11.6 Å². The Kier molecular flexibility index (Phi) is 3.52. The Morgan fingerprint density at radius 2 is 1.95 bits per heavy atom. The van der Waals surface area contributed by atoms with E-state index < -0.39 is 29.1 Å². The number of thiazole rings is 1. The van der Waals surface area contributed by atoms with Crippen molar-refractivity contribution >= 4 is 28.9 Å². The molecule has 2 rings (SSSR count). The number of aromatic carboxylic acids is 1. The predicted octanol–water partition coefficient (Wildman–Crippen LogP) is 2.37.